The van der Waals surface area contributed by atoms with Crippen LogP contribution in [0, 0.1) is 0 Å². The van der Waals surface area contributed by atoms with Gasteiger partial charge in [0.05, 0.1) is 7.11 Å². The fourth-order valence-electron chi connectivity index (χ4n) is 2.18. The number of benzene rings is 1. The van der Waals surface area contributed by atoms with Crippen molar-refractivity contribution in [3.8, 4) is 11.5 Å². The predicted molar refractivity (Wildman–Crippen MR) is 78.5 cm³/mol. The third-order valence-corrected chi connectivity index (χ3v) is 3.36. The molecule has 1 amide bonds. The number of carbonyl (C=O) groups excluding carboxylic acids is 1. The van der Waals surface area contributed by atoms with Crippen molar-refractivity contribution in [3.05, 3.63) is 24.3 Å². The van der Waals surface area contributed by atoms with Crippen molar-refractivity contribution in [1.29, 1.82) is 0 Å². The molecule has 0 saturated carbocycles. The van der Waals surface area contributed by atoms with Gasteiger partial charge in [-0.1, -0.05) is 0 Å². The highest BCUT2D eigenvalue weighted by Gasteiger charge is 2.20. The number of aliphatic hydroxyl groups is 1. The number of rotatable bonds is 8. The first-order valence-corrected chi connectivity index (χ1v) is 7.12. The Bertz CT molecular complexity index is 449. The number of nitrogens with one attached hydrogen (secondary N) is 2. The first kappa shape index (κ1) is 15.6. The highest BCUT2D eigenvalue weighted by molar-refractivity contribution is 5.78. The summed E-state index contributed by atoms with van der Waals surface area (Å²) < 4.78 is 10.6. The van der Waals surface area contributed by atoms with E-state index in [0.29, 0.717) is 25.3 Å². The minimum atomic E-state index is -0.593. The average molecular weight is 294 g/mol. The lowest BCUT2D eigenvalue weighted by Gasteiger charge is -2.15. The number of ether oxygens (including phenoxy) is 2. The van der Waals surface area contributed by atoms with Crippen molar-refractivity contribution in [2.24, 2.45) is 0 Å². The van der Waals surface area contributed by atoms with E-state index in [1.807, 2.05) is 12.1 Å². The van der Waals surface area contributed by atoms with Gasteiger partial charge in [0.15, 0.2) is 0 Å². The Balaban J connectivity index is 1.60. The van der Waals surface area contributed by atoms with Crippen LogP contribution in [0.2, 0.25) is 0 Å². The van der Waals surface area contributed by atoms with Crippen LogP contribution < -0.4 is 20.1 Å². The zero-order chi connectivity index (χ0) is 15.1. The number of amides is 1. The Morgan fingerprint density at radius 3 is 2.71 bits per heavy atom. The van der Waals surface area contributed by atoms with Crippen molar-refractivity contribution in [1.82, 2.24) is 10.6 Å². The Kier molecular flexibility index (Phi) is 5.83. The molecule has 1 aromatic carbocycles. The Labute approximate surface area is 124 Å². The van der Waals surface area contributed by atoms with E-state index in [-0.39, 0.29) is 18.6 Å². The summed E-state index contributed by atoms with van der Waals surface area (Å²) in [4.78, 5) is 11.0. The largest absolute Gasteiger partial charge is 0.497 e. The molecule has 0 aliphatic carbocycles. The van der Waals surface area contributed by atoms with Gasteiger partial charge in [0, 0.05) is 25.6 Å². The van der Waals surface area contributed by atoms with Crippen LogP contribution in [0.4, 0.5) is 0 Å². The van der Waals surface area contributed by atoms with Crippen molar-refractivity contribution < 1.29 is 19.4 Å². The van der Waals surface area contributed by atoms with Crippen LogP contribution in [0.5, 0.6) is 11.5 Å². The molecule has 6 heteroatoms. The van der Waals surface area contributed by atoms with Gasteiger partial charge in [0.25, 0.3) is 0 Å². The number of hydrogen-bond acceptors (Lipinski definition) is 5. The summed E-state index contributed by atoms with van der Waals surface area (Å²) >= 11 is 0. The molecule has 2 rings (SSSR count). The molecule has 0 bridgehead atoms. The van der Waals surface area contributed by atoms with Crippen LogP contribution in [-0.4, -0.2) is 50.0 Å². The van der Waals surface area contributed by atoms with E-state index in [4.69, 9.17) is 9.47 Å². The minimum Gasteiger partial charge on any atom is -0.497 e. The van der Waals surface area contributed by atoms with E-state index >= 15 is 0 Å². The predicted octanol–water partition coefficient (Wildman–Crippen LogP) is 0.303. The molecule has 0 radical (unpaired) electrons. The highest BCUT2D eigenvalue weighted by atomic mass is 16.5. The standard InChI is InChI=1S/C15H22N2O4/c1-20-13-3-5-14(6-4-13)21-10-12(18)9-16-8-11-2-7-15(19)17-11/h3-6,11-12,16,18H,2,7-10H2,1H3,(H,17,19). The normalized spacial score (nSPS) is 19.1. The zero-order valence-corrected chi connectivity index (χ0v) is 12.2. The van der Waals surface area contributed by atoms with E-state index < -0.39 is 6.10 Å². The fourth-order valence-corrected chi connectivity index (χ4v) is 2.18. The van der Waals surface area contributed by atoms with E-state index in [9.17, 15) is 9.90 Å². The lowest BCUT2D eigenvalue weighted by molar-refractivity contribution is -0.119. The van der Waals surface area contributed by atoms with Crippen LogP contribution in [0.25, 0.3) is 0 Å². The van der Waals surface area contributed by atoms with Gasteiger partial charge in [0.2, 0.25) is 5.91 Å². The molecule has 0 spiro atoms. The molecular formula is C15H22N2O4. The molecule has 1 heterocycles. The molecular weight excluding hydrogens is 272 g/mol. The maximum absolute atomic E-state index is 11.0. The van der Waals surface area contributed by atoms with Crippen molar-refractivity contribution in [3.63, 3.8) is 0 Å². The van der Waals surface area contributed by atoms with Crippen molar-refractivity contribution in [2.75, 3.05) is 26.8 Å². The van der Waals surface area contributed by atoms with Gasteiger partial charge in [-0.3, -0.25) is 4.79 Å². The van der Waals surface area contributed by atoms with E-state index in [0.717, 1.165) is 12.2 Å². The first-order valence-electron chi connectivity index (χ1n) is 7.12. The lowest BCUT2D eigenvalue weighted by Crippen LogP contribution is -2.40. The smallest absolute Gasteiger partial charge is 0.220 e. The maximum Gasteiger partial charge on any atom is 0.220 e. The monoisotopic (exact) mass is 294 g/mol. The molecule has 0 aromatic heterocycles. The van der Waals surface area contributed by atoms with E-state index in [1.165, 1.54) is 0 Å². The Hall–Kier alpha value is -1.79. The third-order valence-electron chi connectivity index (χ3n) is 3.36. The molecule has 6 nitrogen and oxygen atoms in total. The molecule has 1 saturated heterocycles. The summed E-state index contributed by atoms with van der Waals surface area (Å²) in [5.74, 6) is 1.56. The quantitative estimate of drug-likeness (QED) is 0.643. The molecule has 2 atom stereocenters. The Morgan fingerprint density at radius 1 is 1.38 bits per heavy atom. The van der Waals surface area contributed by atoms with Crippen LogP contribution in [0.3, 0.4) is 0 Å². The van der Waals surface area contributed by atoms with Gasteiger partial charge >= 0.3 is 0 Å². The van der Waals surface area contributed by atoms with Crippen LogP contribution in [0.1, 0.15) is 12.8 Å². The van der Waals surface area contributed by atoms with Crippen molar-refractivity contribution >= 4 is 5.91 Å². The molecule has 2 unspecified atom stereocenters. The lowest BCUT2D eigenvalue weighted by atomic mass is 10.2. The molecule has 3 N–H and O–H groups in total. The summed E-state index contributed by atoms with van der Waals surface area (Å²) in [5.41, 5.74) is 0. The van der Waals surface area contributed by atoms with E-state index in [2.05, 4.69) is 10.6 Å². The fraction of sp³-hybridized carbons (Fsp3) is 0.533. The second-order valence-electron chi connectivity index (χ2n) is 5.10. The number of methoxy groups -OCH3 is 1. The Morgan fingerprint density at radius 2 is 2.10 bits per heavy atom. The van der Waals surface area contributed by atoms with Crippen LogP contribution in [0.15, 0.2) is 24.3 Å². The van der Waals surface area contributed by atoms with E-state index in [1.54, 1.807) is 19.2 Å². The summed E-state index contributed by atoms with van der Waals surface area (Å²) in [7, 11) is 1.61. The summed E-state index contributed by atoms with van der Waals surface area (Å²) in [6.07, 6.45) is 0.851. The first-order chi connectivity index (χ1) is 10.2. The zero-order valence-electron chi connectivity index (χ0n) is 12.2. The number of aliphatic hydroxyl groups excluding tert-OH is 1. The van der Waals surface area contributed by atoms with Crippen molar-refractivity contribution in [2.45, 2.75) is 25.0 Å². The molecule has 21 heavy (non-hydrogen) atoms. The molecule has 1 aromatic rings. The van der Waals surface area contributed by atoms with Gasteiger partial charge in [0.1, 0.15) is 24.2 Å². The minimum absolute atomic E-state index is 0.102. The second-order valence-corrected chi connectivity index (χ2v) is 5.10. The van der Waals surface area contributed by atoms with Gasteiger partial charge in [-0.05, 0) is 30.7 Å². The van der Waals surface area contributed by atoms with Gasteiger partial charge < -0.3 is 25.2 Å². The molecule has 1 fully saturated rings. The molecule has 116 valence electrons. The highest BCUT2D eigenvalue weighted by Crippen LogP contribution is 2.17. The summed E-state index contributed by atoms with van der Waals surface area (Å²) in [6, 6.07) is 7.39. The number of carbonyl (C=O) groups is 1. The van der Waals surface area contributed by atoms with Crippen LogP contribution >= 0.6 is 0 Å². The van der Waals surface area contributed by atoms with Gasteiger partial charge in [-0.25, -0.2) is 0 Å². The SMILES string of the molecule is COc1ccc(OCC(O)CNCC2CCC(=O)N2)cc1. The maximum atomic E-state index is 11.0. The summed E-state index contributed by atoms with van der Waals surface area (Å²) in [6.45, 7) is 1.32. The topological polar surface area (TPSA) is 79.8 Å². The molecule has 1 aliphatic heterocycles. The average Bonchev–Trinajstić information content (AvgIpc) is 2.91. The second kappa shape index (κ2) is 7.85. The molecule has 1 aliphatic rings. The summed E-state index contributed by atoms with van der Waals surface area (Å²) in [5, 5.41) is 15.8. The third kappa shape index (κ3) is 5.24. The van der Waals surface area contributed by atoms with Gasteiger partial charge in [-0.2, -0.15) is 0 Å². The van der Waals surface area contributed by atoms with Gasteiger partial charge in [-0.15, -0.1) is 0 Å². The van der Waals surface area contributed by atoms with Crippen LogP contribution in [-0.2, 0) is 4.79 Å². The number of hydrogen-bond donors (Lipinski definition) is 3.